The number of benzene rings is 2. The summed E-state index contributed by atoms with van der Waals surface area (Å²) in [4.78, 5) is 25.3. The highest BCUT2D eigenvalue weighted by molar-refractivity contribution is 6.39. The lowest BCUT2D eigenvalue weighted by atomic mass is 10.0. The predicted molar refractivity (Wildman–Crippen MR) is 98.9 cm³/mol. The Balaban J connectivity index is 2.54. The molecule has 0 heterocycles. The summed E-state index contributed by atoms with van der Waals surface area (Å²) in [5.74, 6) is -3.13. The number of amides is 1. The summed E-state index contributed by atoms with van der Waals surface area (Å²) in [6.45, 7) is -0.425. The molecule has 0 spiro atoms. The first kappa shape index (κ1) is 20.9. The first-order chi connectivity index (χ1) is 12.7. The van der Waals surface area contributed by atoms with Gasteiger partial charge in [0.1, 0.15) is 17.7 Å². The maximum Gasteiger partial charge on any atom is 0.328 e. The van der Waals surface area contributed by atoms with Gasteiger partial charge in [-0.25, -0.2) is 13.6 Å². The second kappa shape index (κ2) is 9.01. The molecule has 0 radical (unpaired) electrons. The molecule has 0 aromatic heterocycles. The Labute approximate surface area is 164 Å². The molecule has 27 heavy (non-hydrogen) atoms. The first-order valence-corrected chi connectivity index (χ1v) is 8.51. The van der Waals surface area contributed by atoms with Crippen molar-refractivity contribution in [3.05, 3.63) is 63.6 Å². The Morgan fingerprint density at radius 2 is 1.81 bits per heavy atom. The zero-order chi connectivity index (χ0) is 20.1. The highest BCUT2D eigenvalue weighted by Crippen LogP contribution is 2.35. The summed E-state index contributed by atoms with van der Waals surface area (Å²) in [5.41, 5.74) is 5.53. The van der Waals surface area contributed by atoms with Gasteiger partial charge < -0.3 is 15.4 Å². The molecule has 0 saturated carbocycles. The third-order valence-corrected chi connectivity index (χ3v) is 4.44. The molecule has 144 valence electrons. The fraction of sp³-hybridized carbons (Fsp3) is 0.222. The molecule has 0 aliphatic heterocycles. The van der Waals surface area contributed by atoms with Crippen LogP contribution in [0.1, 0.15) is 5.56 Å². The van der Waals surface area contributed by atoms with Crippen LogP contribution < -0.4 is 10.6 Å². The van der Waals surface area contributed by atoms with Crippen molar-refractivity contribution in [3.8, 4) is 0 Å². The maximum absolute atomic E-state index is 14.1. The number of anilines is 1. The van der Waals surface area contributed by atoms with Crippen molar-refractivity contribution in [1.29, 1.82) is 0 Å². The highest BCUT2D eigenvalue weighted by atomic mass is 35.5. The standard InChI is InChI=1S/C18H16Cl2F2N2O3/c1-27-18(26)15(7-10-5-6-11(21)8-14(10)22)24(9-16(23)25)17-12(19)3-2-4-13(17)20/h2-6,8,15H,7,9H2,1H3,(H2,23,25). The fourth-order valence-electron chi connectivity index (χ4n) is 2.63. The van der Waals surface area contributed by atoms with E-state index in [9.17, 15) is 18.4 Å². The van der Waals surface area contributed by atoms with Crippen molar-refractivity contribution >= 4 is 40.8 Å². The smallest absolute Gasteiger partial charge is 0.328 e. The second-order valence-electron chi connectivity index (χ2n) is 5.64. The number of methoxy groups -OCH3 is 1. The number of carbonyl (C=O) groups is 2. The van der Waals surface area contributed by atoms with Gasteiger partial charge in [-0.05, 0) is 23.8 Å². The summed E-state index contributed by atoms with van der Waals surface area (Å²) in [6.07, 6.45) is -0.229. The van der Waals surface area contributed by atoms with Gasteiger partial charge in [0, 0.05) is 12.5 Å². The molecule has 0 aliphatic rings. The van der Waals surface area contributed by atoms with Crippen LogP contribution in [-0.4, -0.2) is 31.6 Å². The number of rotatable bonds is 7. The molecule has 5 nitrogen and oxygen atoms in total. The first-order valence-electron chi connectivity index (χ1n) is 7.75. The number of ether oxygens (including phenoxy) is 1. The van der Waals surface area contributed by atoms with Crippen molar-refractivity contribution in [2.24, 2.45) is 5.73 Å². The van der Waals surface area contributed by atoms with E-state index in [1.807, 2.05) is 0 Å². The molecule has 2 rings (SSSR count). The molecule has 2 N–H and O–H groups in total. The average molecular weight is 417 g/mol. The molecule has 2 aromatic rings. The van der Waals surface area contributed by atoms with Gasteiger partial charge in [0.15, 0.2) is 0 Å². The number of nitrogens with zero attached hydrogens (tertiary/aromatic N) is 1. The van der Waals surface area contributed by atoms with E-state index >= 15 is 0 Å². The van der Waals surface area contributed by atoms with E-state index in [-0.39, 0.29) is 27.7 Å². The number of carbonyl (C=O) groups excluding carboxylic acids is 2. The Bertz CT molecular complexity index is 844. The van der Waals surface area contributed by atoms with Crippen LogP contribution >= 0.6 is 23.2 Å². The topological polar surface area (TPSA) is 72.6 Å². The number of halogens is 4. The minimum atomic E-state index is -1.18. The van der Waals surface area contributed by atoms with Gasteiger partial charge in [0.05, 0.1) is 29.4 Å². The lowest BCUT2D eigenvalue weighted by Crippen LogP contribution is -2.48. The van der Waals surface area contributed by atoms with E-state index < -0.39 is 36.1 Å². The van der Waals surface area contributed by atoms with Gasteiger partial charge in [-0.15, -0.1) is 0 Å². The van der Waals surface area contributed by atoms with Gasteiger partial charge in [-0.3, -0.25) is 4.79 Å². The number of primary amides is 1. The van der Waals surface area contributed by atoms with Crippen molar-refractivity contribution in [2.75, 3.05) is 18.6 Å². The number of para-hydroxylation sites is 1. The van der Waals surface area contributed by atoms with E-state index in [2.05, 4.69) is 0 Å². The number of hydrogen-bond acceptors (Lipinski definition) is 4. The summed E-state index contributed by atoms with van der Waals surface area (Å²) in [7, 11) is 1.15. The third-order valence-electron chi connectivity index (χ3n) is 3.83. The average Bonchev–Trinajstić information content (AvgIpc) is 2.59. The largest absolute Gasteiger partial charge is 0.467 e. The van der Waals surface area contributed by atoms with Gasteiger partial charge in [-0.2, -0.15) is 0 Å². The Kier molecular flexibility index (Phi) is 6.98. The number of hydrogen-bond donors (Lipinski definition) is 1. The van der Waals surface area contributed by atoms with Crippen LogP contribution in [0.15, 0.2) is 36.4 Å². The summed E-state index contributed by atoms with van der Waals surface area (Å²) in [5, 5.41) is 0.328. The number of esters is 1. The minimum Gasteiger partial charge on any atom is -0.467 e. The molecule has 1 atom stereocenters. The minimum absolute atomic E-state index is 0.0458. The summed E-state index contributed by atoms with van der Waals surface area (Å²) in [6, 6.07) is 6.41. The van der Waals surface area contributed by atoms with Crippen LogP contribution in [0.5, 0.6) is 0 Å². The van der Waals surface area contributed by atoms with E-state index in [0.29, 0.717) is 6.07 Å². The molecular weight excluding hydrogens is 401 g/mol. The monoisotopic (exact) mass is 416 g/mol. The van der Waals surface area contributed by atoms with Crippen LogP contribution in [-0.2, 0) is 20.7 Å². The van der Waals surface area contributed by atoms with Crippen LogP contribution in [0.25, 0.3) is 0 Å². The van der Waals surface area contributed by atoms with Gasteiger partial charge in [-0.1, -0.05) is 35.3 Å². The number of nitrogens with two attached hydrogens (primary N) is 1. The molecule has 0 fully saturated rings. The van der Waals surface area contributed by atoms with Crippen molar-refractivity contribution in [1.82, 2.24) is 0 Å². The molecule has 0 saturated heterocycles. The van der Waals surface area contributed by atoms with Gasteiger partial charge >= 0.3 is 5.97 Å². The van der Waals surface area contributed by atoms with E-state index in [1.165, 1.54) is 23.1 Å². The van der Waals surface area contributed by atoms with Crippen LogP contribution in [0, 0.1) is 11.6 Å². The molecule has 1 unspecified atom stereocenters. The molecule has 0 aliphatic carbocycles. The molecule has 2 aromatic carbocycles. The van der Waals surface area contributed by atoms with Crippen molar-refractivity contribution in [2.45, 2.75) is 12.5 Å². The zero-order valence-electron chi connectivity index (χ0n) is 14.2. The van der Waals surface area contributed by atoms with Gasteiger partial charge in [0.2, 0.25) is 5.91 Å². The SMILES string of the molecule is COC(=O)C(Cc1ccc(F)cc1F)N(CC(N)=O)c1c(Cl)cccc1Cl. The molecule has 0 bridgehead atoms. The summed E-state index contributed by atoms with van der Waals surface area (Å²) >= 11 is 12.4. The van der Waals surface area contributed by atoms with Crippen LogP contribution in [0.2, 0.25) is 10.0 Å². The van der Waals surface area contributed by atoms with Gasteiger partial charge in [0.25, 0.3) is 0 Å². The molecular formula is C18H16Cl2F2N2O3. The van der Waals surface area contributed by atoms with E-state index in [1.54, 1.807) is 6.07 Å². The fourth-order valence-corrected chi connectivity index (χ4v) is 3.24. The molecule has 9 heteroatoms. The van der Waals surface area contributed by atoms with Crippen LogP contribution in [0.3, 0.4) is 0 Å². The second-order valence-corrected chi connectivity index (χ2v) is 6.46. The quantitative estimate of drug-likeness (QED) is 0.702. The Morgan fingerprint density at radius 3 is 2.33 bits per heavy atom. The van der Waals surface area contributed by atoms with Crippen molar-refractivity contribution in [3.63, 3.8) is 0 Å². The Hall–Kier alpha value is -2.38. The van der Waals surface area contributed by atoms with Crippen molar-refractivity contribution < 1.29 is 23.1 Å². The Morgan fingerprint density at radius 1 is 1.19 bits per heavy atom. The van der Waals surface area contributed by atoms with E-state index in [0.717, 1.165) is 13.2 Å². The summed E-state index contributed by atoms with van der Waals surface area (Å²) < 4.78 is 32.1. The molecule has 1 amide bonds. The zero-order valence-corrected chi connectivity index (χ0v) is 15.7. The predicted octanol–water partition coefficient (Wildman–Crippen LogP) is 3.35. The lowest BCUT2D eigenvalue weighted by molar-refractivity contribution is -0.142. The normalized spacial score (nSPS) is 11.7. The maximum atomic E-state index is 14.1. The van der Waals surface area contributed by atoms with E-state index in [4.69, 9.17) is 33.7 Å². The highest BCUT2D eigenvalue weighted by Gasteiger charge is 2.32. The van der Waals surface area contributed by atoms with Crippen LogP contribution in [0.4, 0.5) is 14.5 Å². The third kappa shape index (κ3) is 5.08. The lowest BCUT2D eigenvalue weighted by Gasteiger charge is -2.32.